The highest BCUT2D eigenvalue weighted by molar-refractivity contribution is 7.07. The zero-order chi connectivity index (χ0) is 16.6. The van der Waals surface area contributed by atoms with Gasteiger partial charge in [-0.2, -0.15) is 13.2 Å². The number of carbonyl (C=O) groups excluding carboxylic acids is 1. The molecule has 2 aromatic rings. The van der Waals surface area contributed by atoms with Gasteiger partial charge in [0.25, 0.3) is 5.91 Å². The SMILES string of the molecule is O=C(c1cnns1)N1CC(O)CC1c1ccc(C(F)(F)F)cc1. The van der Waals surface area contributed by atoms with Crippen LogP contribution >= 0.6 is 11.5 Å². The number of aliphatic hydroxyl groups is 1. The standard InChI is InChI=1S/C14H12F3N3O2S/c15-14(16,17)9-3-1-8(2-4-9)11-5-10(21)7-20(11)13(22)12-6-18-19-23-12/h1-4,6,10-11,21H,5,7H2. The molecule has 0 spiro atoms. The molecule has 1 aromatic carbocycles. The molecule has 2 heterocycles. The Bertz CT molecular complexity index is 688. The zero-order valence-corrected chi connectivity index (χ0v) is 12.5. The number of alkyl halides is 3. The fourth-order valence-corrected chi connectivity index (χ4v) is 3.12. The lowest BCUT2D eigenvalue weighted by molar-refractivity contribution is -0.137. The van der Waals surface area contributed by atoms with Gasteiger partial charge in [0.2, 0.25) is 0 Å². The second-order valence-corrected chi connectivity index (χ2v) is 6.05. The van der Waals surface area contributed by atoms with Gasteiger partial charge in [-0.15, -0.1) is 5.10 Å². The first-order valence-corrected chi connectivity index (χ1v) is 7.57. The number of aliphatic hydroxyl groups excluding tert-OH is 1. The molecule has 0 bridgehead atoms. The third-order valence-electron chi connectivity index (χ3n) is 3.73. The fourth-order valence-electron chi connectivity index (χ4n) is 2.65. The van der Waals surface area contributed by atoms with Crippen LogP contribution in [0.25, 0.3) is 0 Å². The molecular formula is C14H12F3N3O2S. The average Bonchev–Trinajstić information content (AvgIpc) is 3.15. The van der Waals surface area contributed by atoms with Gasteiger partial charge in [-0.3, -0.25) is 4.79 Å². The molecule has 2 atom stereocenters. The summed E-state index contributed by atoms with van der Waals surface area (Å²) in [5.41, 5.74) is -0.190. The van der Waals surface area contributed by atoms with Crippen molar-refractivity contribution in [2.75, 3.05) is 6.54 Å². The molecule has 1 amide bonds. The van der Waals surface area contributed by atoms with Crippen LogP contribution in [0.2, 0.25) is 0 Å². The van der Waals surface area contributed by atoms with Crippen molar-refractivity contribution in [2.24, 2.45) is 0 Å². The number of aromatic nitrogens is 2. The van der Waals surface area contributed by atoms with Crippen molar-refractivity contribution < 1.29 is 23.1 Å². The molecule has 1 fully saturated rings. The monoisotopic (exact) mass is 343 g/mol. The maximum absolute atomic E-state index is 12.6. The van der Waals surface area contributed by atoms with Gasteiger partial charge in [0.15, 0.2) is 0 Å². The van der Waals surface area contributed by atoms with Gasteiger partial charge in [0.05, 0.1) is 23.9 Å². The quantitative estimate of drug-likeness (QED) is 0.910. The van der Waals surface area contributed by atoms with Gasteiger partial charge < -0.3 is 10.0 Å². The van der Waals surface area contributed by atoms with Crippen molar-refractivity contribution in [3.63, 3.8) is 0 Å². The highest BCUT2D eigenvalue weighted by Crippen LogP contribution is 2.36. The van der Waals surface area contributed by atoms with Crippen molar-refractivity contribution in [3.05, 3.63) is 46.5 Å². The van der Waals surface area contributed by atoms with Crippen LogP contribution in [-0.2, 0) is 6.18 Å². The van der Waals surface area contributed by atoms with E-state index in [9.17, 15) is 23.1 Å². The number of likely N-dealkylation sites (tertiary alicyclic amines) is 1. The van der Waals surface area contributed by atoms with E-state index in [-0.39, 0.29) is 18.9 Å². The average molecular weight is 343 g/mol. The number of benzene rings is 1. The summed E-state index contributed by atoms with van der Waals surface area (Å²) in [6.45, 7) is 0.127. The first kappa shape index (κ1) is 15.9. The second kappa shape index (κ2) is 5.89. The van der Waals surface area contributed by atoms with Crippen LogP contribution in [0.1, 0.15) is 33.3 Å². The number of β-amino-alcohol motifs (C(OH)–C–C–N with tert-alkyl or cyclic N) is 1. The van der Waals surface area contributed by atoms with Crippen LogP contribution < -0.4 is 0 Å². The lowest BCUT2D eigenvalue weighted by Gasteiger charge is -2.24. The van der Waals surface area contributed by atoms with E-state index in [1.54, 1.807) is 0 Å². The molecule has 1 aromatic heterocycles. The molecule has 1 N–H and O–H groups in total. The summed E-state index contributed by atoms with van der Waals surface area (Å²) in [5.74, 6) is -0.332. The molecule has 9 heteroatoms. The molecule has 5 nitrogen and oxygen atoms in total. The van der Waals surface area contributed by atoms with Crippen molar-refractivity contribution >= 4 is 17.4 Å². The van der Waals surface area contributed by atoms with E-state index in [1.807, 2.05) is 0 Å². The third-order valence-corrected chi connectivity index (χ3v) is 4.39. The Kier molecular flexibility index (Phi) is 4.07. The summed E-state index contributed by atoms with van der Waals surface area (Å²) >= 11 is 0.939. The molecule has 2 unspecified atom stereocenters. The Balaban J connectivity index is 1.86. The summed E-state index contributed by atoms with van der Waals surface area (Å²) in [4.78, 5) is 14.2. The number of carbonyl (C=O) groups is 1. The minimum atomic E-state index is -4.41. The van der Waals surface area contributed by atoms with Crippen molar-refractivity contribution in [1.29, 1.82) is 0 Å². The molecule has 122 valence electrons. The van der Waals surface area contributed by atoms with Crippen LogP contribution in [0.5, 0.6) is 0 Å². The summed E-state index contributed by atoms with van der Waals surface area (Å²) < 4.78 is 41.5. The maximum atomic E-state index is 12.6. The van der Waals surface area contributed by atoms with E-state index in [1.165, 1.54) is 23.2 Å². The number of halogens is 3. The predicted molar refractivity (Wildman–Crippen MR) is 75.8 cm³/mol. The Morgan fingerprint density at radius 1 is 1.30 bits per heavy atom. The summed E-state index contributed by atoms with van der Waals surface area (Å²) in [6.07, 6.45) is -3.50. The second-order valence-electron chi connectivity index (χ2n) is 5.26. The minimum absolute atomic E-state index is 0.127. The Hall–Kier alpha value is -2.00. The normalized spacial score (nSPS) is 21.7. The van der Waals surface area contributed by atoms with E-state index in [4.69, 9.17) is 0 Å². The number of hydrogen-bond acceptors (Lipinski definition) is 5. The van der Waals surface area contributed by atoms with Gasteiger partial charge in [-0.25, -0.2) is 0 Å². The Morgan fingerprint density at radius 3 is 2.57 bits per heavy atom. The smallest absolute Gasteiger partial charge is 0.391 e. The first-order chi connectivity index (χ1) is 10.9. The third kappa shape index (κ3) is 3.20. The lowest BCUT2D eigenvalue weighted by atomic mass is 10.0. The molecule has 0 radical (unpaired) electrons. The van der Waals surface area contributed by atoms with Gasteiger partial charge in [0.1, 0.15) is 4.88 Å². The number of amides is 1. The van der Waals surface area contributed by atoms with Gasteiger partial charge in [-0.1, -0.05) is 16.6 Å². The molecule has 23 heavy (non-hydrogen) atoms. The number of rotatable bonds is 2. The van der Waals surface area contributed by atoms with Crippen LogP contribution in [0.4, 0.5) is 13.2 Å². The Morgan fingerprint density at radius 2 is 2.00 bits per heavy atom. The summed E-state index contributed by atoms with van der Waals surface area (Å²) in [6, 6.07) is 4.18. The van der Waals surface area contributed by atoms with E-state index in [0.29, 0.717) is 10.4 Å². The molecule has 1 saturated heterocycles. The van der Waals surface area contributed by atoms with Crippen LogP contribution in [0.3, 0.4) is 0 Å². The molecule has 0 aliphatic carbocycles. The maximum Gasteiger partial charge on any atom is 0.416 e. The van der Waals surface area contributed by atoms with Gasteiger partial charge >= 0.3 is 6.18 Å². The van der Waals surface area contributed by atoms with Crippen LogP contribution in [0.15, 0.2) is 30.5 Å². The van der Waals surface area contributed by atoms with E-state index in [0.717, 1.165) is 23.7 Å². The largest absolute Gasteiger partial charge is 0.416 e. The summed E-state index contributed by atoms with van der Waals surface area (Å²) in [7, 11) is 0. The first-order valence-electron chi connectivity index (χ1n) is 6.80. The highest BCUT2D eigenvalue weighted by Gasteiger charge is 2.37. The van der Waals surface area contributed by atoms with Crippen molar-refractivity contribution in [1.82, 2.24) is 14.5 Å². The molecule has 3 rings (SSSR count). The highest BCUT2D eigenvalue weighted by atomic mass is 32.1. The molecule has 1 aliphatic rings. The van der Waals surface area contributed by atoms with E-state index in [2.05, 4.69) is 9.59 Å². The zero-order valence-electron chi connectivity index (χ0n) is 11.7. The Labute approximate surface area is 133 Å². The topological polar surface area (TPSA) is 66.3 Å². The van der Waals surface area contributed by atoms with E-state index >= 15 is 0 Å². The van der Waals surface area contributed by atoms with Crippen LogP contribution in [0, 0.1) is 0 Å². The number of hydrogen-bond donors (Lipinski definition) is 1. The van der Waals surface area contributed by atoms with Crippen molar-refractivity contribution in [2.45, 2.75) is 24.7 Å². The van der Waals surface area contributed by atoms with Crippen molar-refractivity contribution in [3.8, 4) is 0 Å². The lowest BCUT2D eigenvalue weighted by Crippen LogP contribution is -2.31. The summed E-state index contributed by atoms with van der Waals surface area (Å²) in [5, 5.41) is 13.5. The van der Waals surface area contributed by atoms with E-state index < -0.39 is 23.9 Å². The van der Waals surface area contributed by atoms with Gasteiger partial charge in [0, 0.05) is 6.54 Å². The molecular weight excluding hydrogens is 331 g/mol. The predicted octanol–water partition coefficient (Wildman–Crippen LogP) is 2.51. The fraction of sp³-hybridized carbons (Fsp3) is 0.357. The minimum Gasteiger partial charge on any atom is -0.391 e. The van der Waals surface area contributed by atoms with Gasteiger partial charge in [-0.05, 0) is 35.6 Å². The molecule has 1 aliphatic heterocycles. The molecule has 0 saturated carbocycles. The number of nitrogens with zero attached hydrogens (tertiary/aromatic N) is 3. The van der Waals surface area contributed by atoms with Crippen LogP contribution in [-0.4, -0.2) is 38.1 Å².